The smallest absolute Gasteiger partial charge is 0.148 e. The number of nitrogens with one attached hydrogen (secondary N) is 1. The fourth-order valence-corrected chi connectivity index (χ4v) is 1.76. The minimum absolute atomic E-state index is 0.0729. The first-order chi connectivity index (χ1) is 5.13. The van der Waals surface area contributed by atoms with Crippen molar-refractivity contribution >= 4 is 5.78 Å². The van der Waals surface area contributed by atoms with Crippen molar-refractivity contribution in [3.05, 3.63) is 0 Å². The Balaban J connectivity index is 2.62. The Bertz CT molecular complexity index is 148. The van der Waals surface area contributed by atoms with Crippen molar-refractivity contribution < 1.29 is 4.79 Å². The summed E-state index contributed by atoms with van der Waals surface area (Å²) >= 11 is 0. The molecule has 0 aromatic carbocycles. The average molecular weight is 156 g/mol. The van der Waals surface area contributed by atoms with Gasteiger partial charge in [-0.25, -0.2) is 0 Å². The van der Waals surface area contributed by atoms with Crippen molar-refractivity contribution in [1.82, 2.24) is 10.2 Å². The number of carbonyl (C=O) groups excluding carboxylic acids is 1. The number of hydrogen-bond donors (Lipinski definition) is 1. The van der Waals surface area contributed by atoms with E-state index in [0.29, 0.717) is 6.04 Å². The summed E-state index contributed by atoms with van der Waals surface area (Å²) in [6.07, 6.45) is 0. The van der Waals surface area contributed by atoms with Crippen molar-refractivity contribution in [3.8, 4) is 0 Å². The Morgan fingerprint density at radius 1 is 1.64 bits per heavy atom. The Kier molecular flexibility index (Phi) is 2.62. The van der Waals surface area contributed by atoms with Gasteiger partial charge < -0.3 is 5.32 Å². The van der Waals surface area contributed by atoms with Gasteiger partial charge in [0, 0.05) is 19.1 Å². The predicted octanol–water partition coefficient (Wildman–Crippen LogP) is -0.132. The Morgan fingerprint density at radius 2 is 2.27 bits per heavy atom. The van der Waals surface area contributed by atoms with Gasteiger partial charge in [0.25, 0.3) is 0 Å². The molecule has 1 N–H and O–H groups in total. The van der Waals surface area contributed by atoms with E-state index in [1.54, 1.807) is 6.92 Å². The molecule has 1 aliphatic heterocycles. The number of carbonyl (C=O) groups is 1. The molecule has 3 nitrogen and oxygen atoms in total. The number of ketones is 1. The van der Waals surface area contributed by atoms with E-state index < -0.39 is 0 Å². The molecule has 0 amide bonds. The van der Waals surface area contributed by atoms with Gasteiger partial charge in [0.05, 0.1) is 6.04 Å². The van der Waals surface area contributed by atoms with Crippen LogP contribution in [0.5, 0.6) is 0 Å². The first-order valence-electron chi connectivity index (χ1n) is 4.07. The monoisotopic (exact) mass is 156 g/mol. The number of Topliss-reactive ketones (excluding diaryl/α,β-unsaturated/α-hetero) is 1. The lowest BCUT2D eigenvalue weighted by Crippen LogP contribution is -2.57. The molecule has 11 heavy (non-hydrogen) atoms. The molecule has 3 heteroatoms. The molecule has 1 aliphatic rings. The van der Waals surface area contributed by atoms with E-state index >= 15 is 0 Å². The number of piperazine rings is 1. The summed E-state index contributed by atoms with van der Waals surface area (Å²) in [7, 11) is 2.00. The van der Waals surface area contributed by atoms with E-state index in [-0.39, 0.29) is 11.8 Å². The molecule has 1 rings (SSSR count). The van der Waals surface area contributed by atoms with Gasteiger partial charge in [0.2, 0.25) is 0 Å². The summed E-state index contributed by atoms with van der Waals surface area (Å²) in [5, 5.41) is 3.28. The maximum Gasteiger partial charge on any atom is 0.148 e. The highest BCUT2D eigenvalue weighted by Crippen LogP contribution is 2.07. The van der Waals surface area contributed by atoms with Crippen LogP contribution in [0, 0.1) is 0 Å². The summed E-state index contributed by atoms with van der Waals surface area (Å²) in [6.45, 7) is 5.67. The van der Waals surface area contributed by atoms with Crippen molar-refractivity contribution in [1.29, 1.82) is 0 Å². The van der Waals surface area contributed by atoms with E-state index in [2.05, 4.69) is 17.1 Å². The van der Waals surface area contributed by atoms with Crippen molar-refractivity contribution in [2.24, 2.45) is 0 Å². The minimum Gasteiger partial charge on any atom is -0.311 e. The van der Waals surface area contributed by atoms with Crippen LogP contribution >= 0.6 is 0 Å². The van der Waals surface area contributed by atoms with E-state index in [1.807, 2.05) is 7.05 Å². The lowest BCUT2D eigenvalue weighted by molar-refractivity contribution is -0.123. The molecule has 1 heterocycles. The van der Waals surface area contributed by atoms with Gasteiger partial charge >= 0.3 is 0 Å². The van der Waals surface area contributed by atoms with E-state index in [0.717, 1.165) is 13.1 Å². The van der Waals surface area contributed by atoms with Crippen molar-refractivity contribution in [2.75, 3.05) is 20.1 Å². The zero-order valence-electron chi connectivity index (χ0n) is 7.42. The Morgan fingerprint density at radius 3 is 2.64 bits per heavy atom. The normalized spacial score (nSPS) is 33.7. The van der Waals surface area contributed by atoms with Gasteiger partial charge in [-0.1, -0.05) is 0 Å². The van der Waals surface area contributed by atoms with Crippen LogP contribution < -0.4 is 5.32 Å². The maximum absolute atomic E-state index is 11.1. The third kappa shape index (κ3) is 1.79. The molecule has 0 aromatic heterocycles. The summed E-state index contributed by atoms with van der Waals surface area (Å²) in [6, 6.07) is 0.370. The third-order valence-corrected chi connectivity index (χ3v) is 2.30. The molecular weight excluding hydrogens is 140 g/mol. The number of rotatable bonds is 1. The van der Waals surface area contributed by atoms with Gasteiger partial charge in [-0.3, -0.25) is 9.69 Å². The van der Waals surface area contributed by atoms with Crippen LogP contribution in [0.3, 0.4) is 0 Å². The molecule has 0 aromatic rings. The largest absolute Gasteiger partial charge is 0.311 e. The second kappa shape index (κ2) is 3.32. The highest BCUT2D eigenvalue weighted by molar-refractivity contribution is 5.82. The molecule has 64 valence electrons. The lowest BCUT2D eigenvalue weighted by atomic mass is 10.0. The first-order valence-corrected chi connectivity index (χ1v) is 4.07. The second-order valence-electron chi connectivity index (χ2n) is 3.28. The van der Waals surface area contributed by atoms with E-state index in [1.165, 1.54) is 0 Å². The summed E-state index contributed by atoms with van der Waals surface area (Å²) in [5.41, 5.74) is 0. The summed E-state index contributed by atoms with van der Waals surface area (Å²) in [4.78, 5) is 13.3. The predicted molar refractivity (Wildman–Crippen MR) is 44.6 cm³/mol. The highest BCUT2D eigenvalue weighted by Gasteiger charge is 2.28. The summed E-state index contributed by atoms with van der Waals surface area (Å²) < 4.78 is 0. The average Bonchev–Trinajstić information content (AvgIpc) is 1.85. The zero-order chi connectivity index (χ0) is 8.43. The van der Waals surface area contributed by atoms with Gasteiger partial charge in [0.1, 0.15) is 5.78 Å². The number of hydrogen-bond acceptors (Lipinski definition) is 3. The quantitative estimate of drug-likeness (QED) is 0.574. The first kappa shape index (κ1) is 8.68. The van der Waals surface area contributed by atoms with Crippen LogP contribution in [-0.2, 0) is 4.79 Å². The SMILES string of the molecule is CC(=O)C1C(C)NCCN1C. The summed E-state index contributed by atoms with van der Waals surface area (Å²) in [5.74, 6) is 0.257. The van der Waals surface area contributed by atoms with Gasteiger partial charge in [-0.15, -0.1) is 0 Å². The highest BCUT2D eigenvalue weighted by atomic mass is 16.1. The molecule has 0 spiro atoms. The van der Waals surface area contributed by atoms with Crippen LogP contribution in [-0.4, -0.2) is 42.9 Å². The van der Waals surface area contributed by atoms with Crippen LogP contribution in [0.15, 0.2) is 0 Å². The Hall–Kier alpha value is -0.410. The van der Waals surface area contributed by atoms with E-state index in [9.17, 15) is 4.79 Å². The number of likely N-dealkylation sites (N-methyl/N-ethyl adjacent to an activating group) is 1. The van der Waals surface area contributed by atoms with E-state index in [4.69, 9.17) is 0 Å². The standard InChI is InChI=1S/C8H16N2O/c1-6-8(7(2)11)10(3)5-4-9-6/h6,8-9H,4-5H2,1-3H3. The minimum atomic E-state index is 0.0729. The molecule has 0 bridgehead atoms. The second-order valence-corrected chi connectivity index (χ2v) is 3.28. The molecular formula is C8H16N2O. The third-order valence-electron chi connectivity index (χ3n) is 2.30. The van der Waals surface area contributed by atoms with Crippen molar-refractivity contribution in [3.63, 3.8) is 0 Å². The fraction of sp³-hybridized carbons (Fsp3) is 0.875. The van der Waals surface area contributed by atoms with Crippen molar-refractivity contribution in [2.45, 2.75) is 25.9 Å². The van der Waals surface area contributed by atoms with Crippen LogP contribution in [0.2, 0.25) is 0 Å². The van der Waals surface area contributed by atoms with Crippen LogP contribution in [0.1, 0.15) is 13.8 Å². The zero-order valence-corrected chi connectivity index (χ0v) is 7.42. The molecule has 1 fully saturated rings. The topological polar surface area (TPSA) is 32.3 Å². The molecule has 1 saturated heterocycles. The molecule has 0 aliphatic carbocycles. The lowest BCUT2D eigenvalue weighted by Gasteiger charge is -2.36. The molecule has 0 saturated carbocycles. The molecule has 0 radical (unpaired) electrons. The number of nitrogens with zero attached hydrogens (tertiary/aromatic N) is 1. The van der Waals surface area contributed by atoms with Gasteiger partial charge in [0.15, 0.2) is 0 Å². The molecule has 2 unspecified atom stereocenters. The molecule has 2 atom stereocenters. The maximum atomic E-state index is 11.1. The van der Waals surface area contributed by atoms with Gasteiger partial charge in [-0.05, 0) is 20.9 Å². The van der Waals surface area contributed by atoms with Gasteiger partial charge in [-0.2, -0.15) is 0 Å². The fourth-order valence-electron chi connectivity index (χ4n) is 1.76. The van der Waals surface area contributed by atoms with Crippen LogP contribution in [0.4, 0.5) is 0 Å². The Labute approximate surface area is 67.8 Å². The van der Waals surface area contributed by atoms with Crippen LogP contribution in [0.25, 0.3) is 0 Å².